The van der Waals surface area contributed by atoms with Crippen LogP contribution in [0.2, 0.25) is 0 Å². The lowest BCUT2D eigenvalue weighted by atomic mass is 10.1. The third kappa shape index (κ3) is 2.92. The van der Waals surface area contributed by atoms with E-state index in [1.54, 1.807) is 24.4 Å². The van der Waals surface area contributed by atoms with E-state index >= 15 is 0 Å². The number of carboxylic acid groups (broad SMARTS) is 1. The maximum absolute atomic E-state index is 11.0. The second-order valence-corrected chi connectivity index (χ2v) is 3.88. The van der Waals surface area contributed by atoms with E-state index in [1.165, 1.54) is 12.1 Å². The van der Waals surface area contributed by atoms with Crippen molar-refractivity contribution in [2.24, 2.45) is 0 Å². The molecule has 19 heavy (non-hydrogen) atoms. The highest BCUT2D eigenvalue weighted by atomic mass is 16.6. The van der Waals surface area contributed by atoms with E-state index in [2.05, 4.69) is 4.98 Å². The van der Waals surface area contributed by atoms with Crippen LogP contribution in [0.5, 0.6) is 0 Å². The summed E-state index contributed by atoms with van der Waals surface area (Å²) in [4.78, 5) is 25.0. The summed E-state index contributed by atoms with van der Waals surface area (Å²) in [6.45, 7) is 0. The van der Waals surface area contributed by atoms with E-state index in [1.807, 2.05) is 0 Å². The molecule has 0 aliphatic carbocycles. The monoisotopic (exact) mass is 258 g/mol. The predicted octanol–water partition coefficient (Wildman–Crippen LogP) is 2.33. The topological polar surface area (TPSA) is 93.3 Å². The van der Waals surface area contributed by atoms with Crippen LogP contribution < -0.4 is 0 Å². The molecule has 0 amide bonds. The van der Waals surface area contributed by atoms with E-state index in [-0.39, 0.29) is 12.1 Å². The molecular formula is C13H10N2O4. The number of carboxylic acids is 1. The molecule has 0 radical (unpaired) electrons. The number of rotatable bonds is 4. The van der Waals surface area contributed by atoms with Gasteiger partial charge < -0.3 is 5.11 Å². The lowest BCUT2D eigenvalue weighted by Crippen LogP contribution is -1.96. The number of carbonyl (C=O) groups is 1. The molecule has 0 aliphatic rings. The molecule has 0 bridgehead atoms. The molecule has 1 N–H and O–H groups in total. The maximum Gasteiger partial charge on any atom is 0.327 e. The molecule has 6 nitrogen and oxygen atoms in total. The van der Waals surface area contributed by atoms with Gasteiger partial charge in [0.05, 0.1) is 10.4 Å². The van der Waals surface area contributed by atoms with E-state index in [4.69, 9.17) is 5.11 Å². The first-order valence-corrected chi connectivity index (χ1v) is 5.49. The van der Waals surface area contributed by atoms with Gasteiger partial charge in [-0.25, -0.2) is 4.79 Å². The number of benzene rings is 1. The first-order chi connectivity index (χ1) is 9.08. The van der Waals surface area contributed by atoms with Gasteiger partial charge in [0, 0.05) is 29.3 Å². The average molecular weight is 258 g/mol. The van der Waals surface area contributed by atoms with Gasteiger partial charge in [-0.2, -0.15) is 0 Å². The SMILES string of the molecule is O=C(O)/C=C/Cc1cc2ncccc2cc1[N+](=O)[O-]. The van der Waals surface area contributed by atoms with Gasteiger partial charge >= 0.3 is 5.97 Å². The van der Waals surface area contributed by atoms with Crippen LogP contribution in [-0.2, 0) is 11.2 Å². The van der Waals surface area contributed by atoms with Gasteiger partial charge in [0.15, 0.2) is 0 Å². The molecule has 0 fully saturated rings. The zero-order valence-corrected chi connectivity index (χ0v) is 9.81. The first kappa shape index (κ1) is 12.7. The first-order valence-electron chi connectivity index (χ1n) is 5.49. The van der Waals surface area contributed by atoms with Gasteiger partial charge in [-0.3, -0.25) is 15.1 Å². The van der Waals surface area contributed by atoms with Gasteiger partial charge in [-0.1, -0.05) is 12.1 Å². The molecule has 1 aromatic carbocycles. The predicted molar refractivity (Wildman–Crippen MR) is 68.9 cm³/mol. The molecule has 0 unspecified atom stereocenters. The van der Waals surface area contributed by atoms with Crippen LogP contribution in [0.3, 0.4) is 0 Å². The van der Waals surface area contributed by atoms with Crippen LogP contribution in [0.1, 0.15) is 5.56 Å². The highest BCUT2D eigenvalue weighted by Crippen LogP contribution is 2.25. The second kappa shape index (κ2) is 5.26. The standard InChI is InChI=1S/C13H10N2O4/c16-13(17)5-1-3-10-7-11-9(4-2-6-14-11)8-12(10)15(18)19/h1-2,4-8H,3H2,(H,16,17)/b5-1+. The number of allylic oxidation sites excluding steroid dienone is 1. The highest BCUT2D eigenvalue weighted by Gasteiger charge is 2.14. The van der Waals surface area contributed by atoms with E-state index < -0.39 is 10.9 Å². The zero-order valence-electron chi connectivity index (χ0n) is 9.81. The Balaban J connectivity index is 2.47. The number of hydrogen-bond donors (Lipinski definition) is 1. The fourth-order valence-corrected chi connectivity index (χ4v) is 1.77. The summed E-state index contributed by atoms with van der Waals surface area (Å²) < 4.78 is 0. The Morgan fingerprint density at radius 2 is 2.26 bits per heavy atom. The summed E-state index contributed by atoms with van der Waals surface area (Å²) >= 11 is 0. The summed E-state index contributed by atoms with van der Waals surface area (Å²) in [5, 5.41) is 20.2. The summed E-state index contributed by atoms with van der Waals surface area (Å²) in [5.41, 5.74) is 1.05. The van der Waals surface area contributed by atoms with Gasteiger partial charge in [0.2, 0.25) is 0 Å². The Kier molecular flexibility index (Phi) is 3.51. The number of aromatic nitrogens is 1. The lowest BCUT2D eigenvalue weighted by Gasteiger charge is -2.02. The van der Waals surface area contributed by atoms with Crippen LogP contribution in [0.4, 0.5) is 5.69 Å². The highest BCUT2D eigenvalue weighted by molar-refractivity contribution is 5.83. The molecule has 2 aromatic rings. The number of hydrogen-bond acceptors (Lipinski definition) is 4. The fourth-order valence-electron chi connectivity index (χ4n) is 1.77. The number of nitro groups is 1. The van der Waals surface area contributed by atoms with Crippen LogP contribution >= 0.6 is 0 Å². The fraction of sp³-hybridized carbons (Fsp3) is 0.0769. The van der Waals surface area contributed by atoms with Crippen molar-refractivity contribution < 1.29 is 14.8 Å². The minimum absolute atomic E-state index is 0.0319. The molecule has 1 aromatic heterocycles. The number of aliphatic carboxylic acids is 1. The van der Waals surface area contributed by atoms with Crippen molar-refractivity contribution >= 4 is 22.6 Å². The van der Waals surface area contributed by atoms with Crippen molar-refractivity contribution in [1.82, 2.24) is 4.98 Å². The quantitative estimate of drug-likeness (QED) is 0.516. The summed E-state index contributed by atoms with van der Waals surface area (Å²) in [6, 6.07) is 6.51. The molecule has 96 valence electrons. The molecule has 6 heteroatoms. The summed E-state index contributed by atoms with van der Waals surface area (Å²) in [7, 11) is 0. The number of pyridine rings is 1. The van der Waals surface area contributed by atoms with E-state index in [0.717, 1.165) is 6.08 Å². The smallest absolute Gasteiger partial charge is 0.327 e. The largest absolute Gasteiger partial charge is 0.478 e. The number of nitro benzene ring substituents is 1. The van der Waals surface area contributed by atoms with Gasteiger partial charge in [0.25, 0.3) is 5.69 Å². The Bertz CT molecular complexity index is 679. The Morgan fingerprint density at radius 3 is 2.95 bits per heavy atom. The average Bonchev–Trinajstić information content (AvgIpc) is 2.37. The number of nitrogens with zero attached hydrogens (tertiary/aromatic N) is 2. The van der Waals surface area contributed by atoms with Crippen molar-refractivity contribution in [3.05, 3.63) is 58.3 Å². The minimum Gasteiger partial charge on any atom is -0.478 e. The van der Waals surface area contributed by atoms with Gasteiger partial charge in [0.1, 0.15) is 0 Å². The summed E-state index contributed by atoms with van der Waals surface area (Å²) in [6.07, 6.45) is 4.12. The molecule has 1 heterocycles. The zero-order chi connectivity index (χ0) is 13.8. The second-order valence-electron chi connectivity index (χ2n) is 3.88. The van der Waals surface area contributed by atoms with Crippen molar-refractivity contribution in [3.63, 3.8) is 0 Å². The van der Waals surface area contributed by atoms with Crippen molar-refractivity contribution in [2.45, 2.75) is 6.42 Å². The van der Waals surface area contributed by atoms with Crippen molar-refractivity contribution in [1.29, 1.82) is 0 Å². The summed E-state index contributed by atoms with van der Waals surface area (Å²) in [5.74, 6) is -1.08. The molecule has 0 aliphatic heterocycles. The Labute approximate surface area is 108 Å². The van der Waals surface area contributed by atoms with Crippen molar-refractivity contribution in [2.75, 3.05) is 0 Å². The maximum atomic E-state index is 11.0. The molecule has 0 atom stereocenters. The number of fused-ring (bicyclic) bond motifs is 1. The van der Waals surface area contributed by atoms with Gasteiger partial charge in [-0.05, 0) is 18.6 Å². The van der Waals surface area contributed by atoms with Crippen molar-refractivity contribution in [3.8, 4) is 0 Å². The Morgan fingerprint density at radius 1 is 1.47 bits per heavy atom. The van der Waals surface area contributed by atoms with Crippen LogP contribution in [0.25, 0.3) is 10.9 Å². The molecule has 0 saturated heterocycles. The molecule has 0 saturated carbocycles. The van der Waals surface area contributed by atoms with Crippen LogP contribution in [0.15, 0.2) is 42.6 Å². The molecule has 0 spiro atoms. The normalized spacial score (nSPS) is 10.9. The third-order valence-corrected chi connectivity index (χ3v) is 2.60. The van der Waals surface area contributed by atoms with Crippen LogP contribution in [-0.4, -0.2) is 21.0 Å². The molecular weight excluding hydrogens is 248 g/mol. The van der Waals surface area contributed by atoms with Gasteiger partial charge in [-0.15, -0.1) is 0 Å². The van der Waals surface area contributed by atoms with Crippen LogP contribution in [0, 0.1) is 10.1 Å². The third-order valence-electron chi connectivity index (χ3n) is 2.60. The lowest BCUT2D eigenvalue weighted by molar-refractivity contribution is -0.385. The minimum atomic E-state index is -1.08. The Hall–Kier alpha value is -2.76. The van der Waals surface area contributed by atoms with E-state index in [0.29, 0.717) is 16.5 Å². The molecule has 2 rings (SSSR count). The van der Waals surface area contributed by atoms with E-state index in [9.17, 15) is 14.9 Å².